The third-order valence-corrected chi connectivity index (χ3v) is 4.27. The van der Waals surface area contributed by atoms with Crippen LogP contribution in [0.4, 0.5) is 8.78 Å². The molecule has 1 atom stereocenters. The van der Waals surface area contributed by atoms with E-state index in [0.29, 0.717) is 23.5 Å². The first-order valence-electron chi connectivity index (χ1n) is 8.75. The van der Waals surface area contributed by atoms with Crippen LogP contribution in [-0.4, -0.2) is 33.0 Å². The Hall–Kier alpha value is -2.32. The number of rotatable bonds is 5. The topological polar surface area (TPSA) is 68.8 Å². The second kappa shape index (κ2) is 8.36. The number of hydrogen-bond acceptors (Lipinski definition) is 5. The number of nitrogens with zero attached hydrogens (tertiary/aromatic N) is 4. The Balaban J connectivity index is 0.00000280. The molecule has 2 aromatic heterocycles. The van der Waals surface area contributed by atoms with E-state index in [9.17, 15) is 8.78 Å². The summed E-state index contributed by atoms with van der Waals surface area (Å²) < 4.78 is 34.8. The van der Waals surface area contributed by atoms with E-state index in [1.807, 2.05) is 34.7 Å². The van der Waals surface area contributed by atoms with E-state index >= 15 is 0 Å². The maximum Gasteiger partial charge on any atom is 0.261 e. The molecule has 28 heavy (non-hydrogen) atoms. The molecule has 3 rings (SSSR count). The summed E-state index contributed by atoms with van der Waals surface area (Å²) in [6, 6.07) is 3.58. The molecule has 152 valence electrons. The number of nitrogens with one attached hydrogen (secondary N) is 1. The zero-order chi connectivity index (χ0) is 19.8. The summed E-state index contributed by atoms with van der Waals surface area (Å²) in [6.45, 7) is 7.93. The van der Waals surface area contributed by atoms with Crippen molar-refractivity contribution in [3.63, 3.8) is 0 Å². The Kier molecular flexibility index (Phi) is 6.56. The van der Waals surface area contributed by atoms with Gasteiger partial charge >= 0.3 is 0 Å². The van der Waals surface area contributed by atoms with Crippen molar-refractivity contribution in [3.05, 3.63) is 41.9 Å². The molecular formula is C19H24ClF2N5O. The fourth-order valence-corrected chi connectivity index (χ4v) is 2.58. The lowest BCUT2D eigenvalue weighted by Crippen LogP contribution is -2.24. The number of benzene rings is 1. The zero-order valence-electron chi connectivity index (χ0n) is 16.5. The van der Waals surface area contributed by atoms with E-state index in [0.717, 1.165) is 6.07 Å². The molecule has 0 amide bonds. The van der Waals surface area contributed by atoms with Crippen molar-refractivity contribution in [3.8, 4) is 22.7 Å². The number of hydrogen-bond donors (Lipinski definition) is 1. The van der Waals surface area contributed by atoms with E-state index in [2.05, 4.69) is 20.6 Å². The average molecular weight is 412 g/mol. The molecule has 9 heteroatoms. The molecule has 0 aliphatic rings. The Morgan fingerprint density at radius 3 is 2.54 bits per heavy atom. The summed E-state index contributed by atoms with van der Waals surface area (Å²) in [4.78, 5) is 4.43. The van der Waals surface area contributed by atoms with E-state index in [1.165, 1.54) is 12.1 Å². The standard InChI is InChI=1S/C19H23F2N5O.ClH/c1-11(22-5)8-16-23-18(27-25-16)14-10-26(19(2,3)4)24-17(14)13-7-6-12(20)9-15(13)21;/h6-7,9-11,22H,8H2,1-5H3;1H. The van der Waals surface area contributed by atoms with Crippen LogP contribution < -0.4 is 5.32 Å². The second-order valence-corrected chi connectivity index (χ2v) is 7.54. The van der Waals surface area contributed by atoms with E-state index in [-0.39, 0.29) is 35.4 Å². The van der Waals surface area contributed by atoms with Gasteiger partial charge in [-0.1, -0.05) is 5.16 Å². The quantitative estimate of drug-likeness (QED) is 0.681. The van der Waals surface area contributed by atoms with Gasteiger partial charge in [0.25, 0.3) is 5.89 Å². The number of aromatic nitrogens is 4. The number of likely N-dealkylation sites (N-methyl/N-ethyl adjacent to an activating group) is 1. The third-order valence-electron chi connectivity index (χ3n) is 4.27. The molecule has 0 saturated carbocycles. The SMILES string of the molecule is CNC(C)Cc1noc(-c2cn(C(C)(C)C)nc2-c2ccc(F)cc2F)n1.Cl. The van der Waals surface area contributed by atoms with Crippen molar-refractivity contribution in [2.24, 2.45) is 0 Å². The van der Waals surface area contributed by atoms with E-state index in [1.54, 1.807) is 10.9 Å². The van der Waals surface area contributed by atoms with Gasteiger partial charge in [-0.15, -0.1) is 12.4 Å². The summed E-state index contributed by atoms with van der Waals surface area (Å²) in [6.07, 6.45) is 2.34. The summed E-state index contributed by atoms with van der Waals surface area (Å²) in [7, 11) is 1.86. The van der Waals surface area contributed by atoms with Gasteiger partial charge in [0.15, 0.2) is 5.82 Å². The second-order valence-electron chi connectivity index (χ2n) is 7.54. The van der Waals surface area contributed by atoms with Gasteiger partial charge in [0.05, 0.1) is 11.1 Å². The highest BCUT2D eigenvalue weighted by molar-refractivity contribution is 5.85. The molecule has 2 heterocycles. The van der Waals surface area contributed by atoms with Crippen LogP contribution in [0.25, 0.3) is 22.7 Å². The summed E-state index contributed by atoms with van der Waals surface area (Å²) in [5.41, 5.74) is 0.677. The molecule has 1 N–H and O–H groups in total. The van der Waals surface area contributed by atoms with Gasteiger partial charge < -0.3 is 9.84 Å². The first-order chi connectivity index (χ1) is 12.7. The smallest absolute Gasteiger partial charge is 0.261 e. The Labute approximate surface area is 168 Å². The van der Waals surface area contributed by atoms with E-state index < -0.39 is 11.6 Å². The Morgan fingerprint density at radius 2 is 1.93 bits per heavy atom. The van der Waals surface area contributed by atoms with E-state index in [4.69, 9.17) is 4.52 Å². The molecule has 0 aliphatic carbocycles. The zero-order valence-corrected chi connectivity index (χ0v) is 17.3. The molecule has 0 saturated heterocycles. The van der Waals surface area contributed by atoms with Crippen molar-refractivity contribution in [1.29, 1.82) is 0 Å². The van der Waals surface area contributed by atoms with Gasteiger partial charge in [0.1, 0.15) is 17.3 Å². The van der Waals surface area contributed by atoms with Crippen molar-refractivity contribution >= 4 is 12.4 Å². The van der Waals surface area contributed by atoms with Crippen LogP contribution in [0.5, 0.6) is 0 Å². The molecule has 1 aromatic carbocycles. The predicted molar refractivity (Wildman–Crippen MR) is 105 cm³/mol. The molecule has 0 radical (unpaired) electrons. The highest BCUT2D eigenvalue weighted by Crippen LogP contribution is 2.33. The van der Waals surface area contributed by atoms with Crippen molar-refractivity contribution in [2.45, 2.75) is 45.7 Å². The summed E-state index contributed by atoms with van der Waals surface area (Å²) in [5.74, 6) is -0.545. The molecule has 1 unspecified atom stereocenters. The highest BCUT2D eigenvalue weighted by atomic mass is 35.5. The maximum absolute atomic E-state index is 14.4. The van der Waals surface area contributed by atoms with Crippen LogP contribution in [-0.2, 0) is 12.0 Å². The molecule has 0 aliphatic heterocycles. The lowest BCUT2D eigenvalue weighted by molar-refractivity contribution is 0.356. The average Bonchev–Trinajstić information content (AvgIpc) is 3.21. The minimum atomic E-state index is -0.695. The fraction of sp³-hybridized carbons (Fsp3) is 0.421. The predicted octanol–water partition coefficient (Wildman–Crippen LogP) is 4.21. The summed E-state index contributed by atoms with van der Waals surface area (Å²) in [5, 5.41) is 11.6. The molecule has 6 nitrogen and oxygen atoms in total. The molecule has 0 bridgehead atoms. The van der Waals surface area contributed by atoms with Gasteiger partial charge in [-0.05, 0) is 46.9 Å². The first-order valence-corrected chi connectivity index (χ1v) is 8.75. The fourth-order valence-electron chi connectivity index (χ4n) is 2.58. The van der Waals surface area contributed by atoms with Crippen LogP contribution in [0.15, 0.2) is 28.9 Å². The van der Waals surface area contributed by atoms with Crippen LogP contribution in [0.2, 0.25) is 0 Å². The normalized spacial score (nSPS) is 12.7. The molecule has 0 fully saturated rings. The van der Waals surface area contributed by atoms with Crippen LogP contribution in [0, 0.1) is 11.6 Å². The molecule has 0 spiro atoms. The van der Waals surface area contributed by atoms with Gasteiger partial charge in [-0.2, -0.15) is 10.1 Å². The van der Waals surface area contributed by atoms with Gasteiger partial charge in [0, 0.05) is 30.3 Å². The molecule has 3 aromatic rings. The third kappa shape index (κ3) is 4.56. The largest absolute Gasteiger partial charge is 0.334 e. The van der Waals surface area contributed by atoms with Gasteiger partial charge in [0.2, 0.25) is 0 Å². The van der Waals surface area contributed by atoms with Crippen LogP contribution >= 0.6 is 12.4 Å². The first kappa shape index (κ1) is 22.0. The molecular weight excluding hydrogens is 388 g/mol. The Morgan fingerprint density at radius 1 is 1.21 bits per heavy atom. The van der Waals surface area contributed by atoms with Gasteiger partial charge in [-0.25, -0.2) is 8.78 Å². The maximum atomic E-state index is 14.4. The van der Waals surface area contributed by atoms with Crippen molar-refractivity contribution in [2.75, 3.05) is 7.05 Å². The Bertz CT molecular complexity index is 948. The number of halogens is 3. The minimum Gasteiger partial charge on any atom is -0.334 e. The van der Waals surface area contributed by atoms with Crippen LogP contribution in [0.3, 0.4) is 0 Å². The lowest BCUT2D eigenvalue weighted by atomic mass is 10.1. The van der Waals surface area contributed by atoms with Gasteiger partial charge in [-0.3, -0.25) is 4.68 Å². The lowest BCUT2D eigenvalue weighted by Gasteiger charge is -2.18. The minimum absolute atomic E-state index is 0. The summed E-state index contributed by atoms with van der Waals surface area (Å²) >= 11 is 0. The monoisotopic (exact) mass is 411 g/mol. The van der Waals surface area contributed by atoms with Crippen molar-refractivity contribution in [1.82, 2.24) is 25.2 Å². The highest BCUT2D eigenvalue weighted by Gasteiger charge is 2.25. The van der Waals surface area contributed by atoms with Crippen molar-refractivity contribution < 1.29 is 13.3 Å². The van der Waals surface area contributed by atoms with Crippen LogP contribution in [0.1, 0.15) is 33.5 Å².